The monoisotopic (exact) mass is 788 g/mol. The van der Waals surface area contributed by atoms with Gasteiger partial charge in [-0.15, -0.1) is 0 Å². The summed E-state index contributed by atoms with van der Waals surface area (Å²) in [4.78, 5) is 32.1. The number of nitrogens with zero attached hydrogens (tertiary/aromatic N) is 6. The molecule has 6 aliphatic heterocycles. The van der Waals surface area contributed by atoms with Crippen molar-refractivity contribution in [3.63, 3.8) is 0 Å². The highest BCUT2D eigenvalue weighted by atomic mass is 35.5. The van der Waals surface area contributed by atoms with E-state index in [1.165, 1.54) is 6.92 Å². The van der Waals surface area contributed by atoms with Crippen molar-refractivity contribution >= 4 is 40.2 Å². The Morgan fingerprint density at radius 1 is 1.20 bits per heavy atom. The van der Waals surface area contributed by atoms with Crippen LogP contribution in [-0.4, -0.2) is 120 Å². The number of amides is 1. The molecule has 0 aliphatic carbocycles. The second kappa shape index (κ2) is 13.5. The van der Waals surface area contributed by atoms with Crippen LogP contribution in [0.2, 0.25) is 5.02 Å². The fourth-order valence-corrected chi connectivity index (χ4v) is 9.87. The number of carbonyl (C=O) groups is 1. The molecule has 0 radical (unpaired) electrons. The number of nitrogen functional groups attached to an aromatic ring is 1. The molecule has 5 fully saturated rings. The van der Waals surface area contributed by atoms with Gasteiger partial charge in [-0.3, -0.25) is 4.90 Å². The maximum Gasteiger partial charge on any atom is 0.418 e. The van der Waals surface area contributed by atoms with E-state index in [0.717, 1.165) is 30.9 Å². The summed E-state index contributed by atoms with van der Waals surface area (Å²) in [6, 6.07) is 0.806. The van der Waals surface area contributed by atoms with Crippen LogP contribution in [0, 0.1) is 12.7 Å². The maximum atomic E-state index is 17.2. The van der Waals surface area contributed by atoms with Crippen molar-refractivity contribution in [2.75, 3.05) is 69.8 Å². The highest BCUT2D eigenvalue weighted by Crippen LogP contribution is 2.52. The molecule has 1 amide bonds. The van der Waals surface area contributed by atoms with E-state index in [2.05, 4.69) is 31.7 Å². The molecular weight excluding hydrogens is 748 g/mol. The zero-order chi connectivity index (χ0) is 38.4. The molecule has 55 heavy (non-hydrogen) atoms. The Morgan fingerprint density at radius 3 is 2.78 bits per heavy atom. The molecule has 3 N–H and O–H groups in total. The summed E-state index contributed by atoms with van der Waals surface area (Å²) in [6.07, 6.45) is -1.40. The Balaban J connectivity index is 1.10. The number of benzene rings is 1. The molecule has 13 nitrogen and oxygen atoms in total. The van der Waals surface area contributed by atoms with E-state index < -0.39 is 34.4 Å². The van der Waals surface area contributed by atoms with Gasteiger partial charge in [-0.25, -0.2) is 14.2 Å². The van der Waals surface area contributed by atoms with Crippen molar-refractivity contribution in [2.45, 2.75) is 74.9 Å². The van der Waals surface area contributed by atoms with Gasteiger partial charge in [-0.1, -0.05) is 23.8 Å². The van der Waals surface area contributed by atoms with Crippen LogP contribution in [0.25, 0.3) is 22.2 Å². The van der Waals surface area contributed by atoms with Gasteiger partial charge >= 0.3 is 18.3 Å². The Hall–Kier alpha value is -4.19. The van der Waals surface area contributed by atoms with Crippen molar-refractivity contribution in [1.29, 1.82) is 0 Å². The molecule has 8 heterocycles. The van der Waals surface area contributed by atoms with E-state index in [1.807, 2.05) is 0 Å². The zero-order valence-corrected chi connectivity index (χ0v) is 30.9. The Labute approximate surface area is 319 Å². The number of halogens is 5. The molecular formula is C37H41ClF4N8O5. The number of nitrogens with two attached hydrogens (primary N) is 1. The first-order chi connectivity index (χ1) is 26.3. The van der Waals surface area contributed by atoms with E-state index in [4.69, 9.17) is 41.3 Å². The second-order valence-corrected chi connectivity index (χ2v) is 15.9. The predicted octanol–water partition coefficient (Wildman–Crippen LogP) is 5.11. The van der Waals surface area contributed by atoms with E-state index in [0.29, 0.717) is 58.1 Å². The van der Waals surface area contributed by atoms with Gasteiger partial charge in [0.05, 0.1) is 52.0 Å². The number of carbonyl (C=O) groups excluding carboxylic acids is 1. The molecule has 2 aromatic heterocycles. The lowest BCUT2D eigenvalue weighted by Crippen LogP contribution is -2.60. The third-order valence-electron chi connectivity index (χ3n) is 12.0. The molecule has 5 unspecified atom stereocenters. The molecule has 9 rings (SSSR count). The summed E-state index contributed by atoms with van der Waals surface area (Å²) < 4.78 is 84.8. The maximum absolute atomic E-state index is 17.2. The minimum absolute atomic E-state index is 0.0305. The van der Waals surface area contributed by atoms with Crippen molar-refractivity contribution < 1.29 is 41.3 Å². The van der Waals surface area contributed by atoms with Crippen molar-refractivity contribution in [1.82, 2.24) is 30.1 Å². The van der Waals surface area contributed by atoms with Crippen molar-refractivity contribution in [3.05, 3.63) is 40.2 Å². The first-order valence-electron chi connectivity index (χ1n) is 18.6. The van der Waals surface area contributed by atoms with Gasteiger partial charge in [0.25, 0.3) is 0 Å². The van der Waals surface area contributed by atoms with E-state index in [-0.39, 0.29) is 89.1 Å². The number of nitrogens with one attached hydrogen (secondary N) is 1. The summed E-state index contributed by atoms with van der Waals surface area (Å²) in [5.74, 6) is -1.06. The average Bonchev–Trinajstić information content (AvgIpc) is 3.76. The Morgan fingerprint density at radius 2 is 2.00 bits per heavy atom. The number of anilines is 2. The third kappa shape index (κ3) is 6.17. The summed E-state index contributed by atoms with van der Waals surface area (Å²) in [7, 11) is 0. The number of hydrogen-bond donors (Lipinski definition) is 2. The lowest BCUT2D eigenvalue weighted by Gasteiger charge is -2.40. The van der Waals surface area contributed by atoms with Crippen LogP contribution in [-0.2, 0) is 15.7 Å². The molecule has 6 aliphatic rings. The van der Waals surface area contributed by atoms with Gasteiger partial charge in [0.15, 0.2) is 11.6 Å². The highest BCUT2D eigenvalue weighted by molar-refractivity contribution is 6.36. The number of ether oxygens (including phenoxy) is 4. The Bertz CT molecular complexity index is 2090. The van der Waals surface area contributed by atoms with Gasteiger partial charge in [0.2, 0.25) is 0 Å². The largest absolute Gasteiger partial charge is 0.489 e. The van der Waals surface area contributed by atoms with Crippen LogP contribution in [0.5, 0.6) is 11.8 Å². The fourth-order valence-electron chi connectivity index (χ4n) is 9.55. The fraction of sp³-hybridized carbons (Fsp3) is 0.568. The number of pyridine rings is 1. The minimum Gasteiger partial charge on any atom is -0.489 e. The van der Waals surface area contributed by atoms with Gasteiger partial charge < -0.3 is 39.8 Å². The molecule has 3 aromatic rings. The number of piperazine rings is 1. The van der Waals surface area contributed by atoms with Crippen LogP contribution in [0.4, 0.5) is 34.0 Å². The topological polar surface area (TPSA) is 140 Å². The number of alkyl halides is 3. The molecule has 18 heteroatoms. The smallest absolute Gasteiger partial charge is 0.418 e. The van der Waals surface area contributed by atoms with Crippen LogP contribution in [0.3, 0.4) is 0 Å². The summed E-state index contributed by atoms with van der Waals surface area (Å²) in [5.41, 5.74) is 3.33. The standard InChI is InChI=1S/C37H41ClF4N8O5/c1-18-12-36(6-5-21(50(36)13-18)15-54-35(51)48-7-9-52-10-8-48)17-55-34-46-31-26-32(53-16-23-22-4-3-20(44-22)14-49(23)33(26)47-34)28(38)25(29(31)39)30-27(37(40,41)42)19(2)11-24(43)45-30/h11,20-23,44H,1,3-10,12-17H2,2H3,(H2,43,45). The molecule has 1 aromatic carbocycles. The molecule has 0 saturated carbocycles. The lowest BCUT2D eigenvalue weighted by molar-refractivity contribution is -0.137. The highest BCUT2D eigenvalue weighted by Gasteiger charge is 2.52. The number of morpholine rings is 1. The van der Waals surface area contributed by atoms with Crippen LogP contribution < -0.4 is 25.4 Å². The summed E-state index contributed by atoms with van der Waals surface area (Å²) in [6.45, 7) is 8.93. The van der Waals surface area contributed by atoms with Gasteiger partial charge in [0, 0.05) is 44.3 Å². The SMILES string of the molecule is C=C1CN2C(COC(=O)N3CCOCC3)CCC2(COc2nc3c4c(c(Cl)c(-c5nc(N)cc(C)c5C(F)(F)F)c(F)c4n2)OCC2C4CCC(CN32)N4)C1. The van der Waals surface area contributed by atoms with Crippen molar-refractivity contribution in [2.24, 2.45) is 0 Å². The molecule has 5 saturated heterocycles. The zero-order valence-electron chi connectivity index (χ0n) is 30.2. The number of aromatic nitrogens is 3. The van der Waals surface area contributed by atoms with Crippen LogP contribution in [0.15, 0.2) is 18.2 Å². The number of aryl methyl sites for hydroxylation is 1. The van der Waals surface area contributed by atoms with Gasteiger partial charge in [-0.2, -0.15) is 23.1 Å². The predicted molar refractivity (Wildman–Crippen MR) is 194 cm³/mol. The van der Waals surface area contributed by atoms with Gasteiger partial charge in [-0.05, 0) is 50.7 Å². The number of rotatable bonds is 6. The first-order valence-corrected chi connectivity index (χ1v) is 19.0. The Kier molecular flexibility index (Phi) is 8.94. The average molecular weight is 789 g/mol. The third-order valence-corrected chi connectivity index (χ3v) is 12.4. The van der Waals surface area contributed by atoms with Crippen LogP contribution >= 0.6 is 11.6 Å². The quantitative estimate of drug-likeness (QED) is 0.254. The second-order valence-electron chi connectivity index (χ2n) is 15.5. The van der Waals surface area contributed by atoms with Gasteiger partial charge in [0.1, 0.15) is 37.0 Å². The van der Waals surface area contributed by atoms with E-state index in [1.54, 1.807) is 4.90 Å². The molecule has 5 atom stereocenters. The summed E-state index contributed by atoms with van der Waals surface area (Å²) >= 11 is 6.89. The molecule has 0 spiro atoms. The van der Waals surface area contributed by atoms with E-state index >= 15 is 4.39 Å². The minimum atomic E-state index is -4.91. The first kappa shape index (κ1) is 36.4. The molecule has 294 valence electrons. The molecule has 2 bridgehead atoms. The normalized spacial score (nSPS) is 27.6. The van der Waals surface area contributed by atoms with E-state index in [9.17, 15) is 18.0 Å². The summed E-state index contributed by atoms with van der Waals surface area (Å²) in [5, 5.41) is 3.38. The van der Waals surface area contributed by atoms with Crippen LogP contribution in [0.1, 0.15) is 43.2 Å². The lowest BCUT2D eigenvalue weighted by atomic mass is 9.94. The number of fused-ring (bicyclic) bond motifs is 6. The van der Waals surface area contributed by atoms with Crippen molar-refractivity contribution in [3.8, 4) is 23.0 Å². The number of hydrogen-bond acceptors (Lipinski definition) is 12.